The van der Waals surface area contributed by atoms with E-state index < -0.39 is 0 Å². The van der Waals surface area contributed by atoms with E-state index in [1.807, 2.05) is 13.8 Å². The standard InChI is InChI=1S/C15H23FN2O2/c1-12(2)20-9-4-3-8-17-11-15(19)18-14-7-5-6-13(16)10-14/h5-7,10,12,17H,3-4,8-9,11H2,1-2H3,(H,18,19). The van der Waals surface area contributed by atoms with E-state index in [0.717, 1.165) is 26.0 Å². The maximum Gasteiger partial charge on any atom is 0.238 e. The Morgan fingerprint density at radius 2 is 2.15 bits per heavy atom. The van der Waals surface area contributed by atoms with Crippen molar-refractivity contribution in [1.82, 2.24) is 5.32 Å². The van der Waals surface area contributed by atoms with Crippen molar-refractivity contribution in [2.45, 2.75) is 32.8 Å². The van der Waals surface area contributed by atoms with E-state index in [-0.39, 0.29) is 24.4 Å². The highest BCUT2D eigenvalue weighted by atomic mass is 19.1. The Kier molecular flexibility index (Phi) is 7.84. The van der Waals surface area contributed by atoms with Gasteiger partial charge in [0.2, 0.25) is 5.91 Å². The Bertz CT molecular complexity index is 411. The number of hydrogen-bond donors (Lipinski definition) is 2. The Labute approximate surface area is 119 Å². The highest BCUT2D eigenvalue weighted by molar-refractivity contribution is 5.92. The summed E-state index contributed by atoms with van der Waals surface area (Å²) in [5.74, 6) is -0.532. The summed E-state index contributed by atoms with van der Waals surface area (Å²) in [5, 5.41) is 5.68. The molecule has 4 nitrogen and oxygen atoms in total. The fourth-order valence-corrected chi connectivity index (χ4v) is 1.64. The van der Waals surface area contributed by atoms with Crippen molar-refractivity contribution in [1.29, 1.82) is 0 Å². The van der Waals surface area contributed by atoms with Crippen LogP contribution in [0, 0.1) is 5.82 Å². The lowest BCUT2D eigenvalue weighted by Crippen LogP contribution is -2.28. The van der Waals surface area contributed by atoms with Gasteiger partial charge in [0.15, 0.2) is 0 Å². The van der Waals surface area contributed by atoms with Crippen LogP contribution < -0.4 is 10.6 Å². The summed E-state index contributed by atoms with van der Waals surface area (Å²) in [4.78, 5) is 11.6. The van der Waals surface area contributed by atoms with Gasteiger partial charge in [-0.3, -0.25) is 4.79 Å². The van der Waals surface area contributed by atoms with Crippen molar-refractivity contribution < 1.29 is 13.9 Å². The van der Waals surface area contributed by atoms with Crippen molar-refractivity contribution in [3.8, 4) is 0 Å². The van der Waals surface area contributed by atoms with Crippen LogP contribution in [0.2, 0.25) is 0 Å². The SMILES string of the molecule is CC(C)OCCCCNCC(=O)Nc1cccc(F)c1. The average Bonchev–Trinajstić information content (AvgIpc) is 2.37. The number of ether oxygens (including phenoxy) is 1. The molecule has 0 aliphatic heterocycles. The molecule has 1 aromatic carbocycles. The van der Waals surface area contributed by atoms with E-state index in [2.05, 4.69) is 10.6 Å². The summed E-state index contributed by atoms with van der Waals surface area (Å²) in [6.07, 6.45) is 2.19. The van der Waals surface area contributed by atoms with Crippen LogP contribution in [-0.2, 0) is 9.53 Å². The third-order valence-electron chi connectivity index (χ3n) is 2.59. The highest BCUT2D eigenvalue weighted by Gasteiger charge is 2.02. The topological polar surface area (TPSA) is 50.4 Å². The maximum absolute atomic E-state index is 12.9. The molecule has 0 aliphatic rings. The molecule has 0 fully saturated rings. The van der Waals surface area contributed by atoms with Crippen molar-refractivity contribution in [2.75, 3.05) is 25.0 Å². The zero-order valence-corrected chi connectivity index (χ0v) is 12.1. The number of halogens is 1. The quantitative estimate of drug-likeness (QED) is 0.684. The monoisotopic (exact) mass is 282 g/mol. The van der Waals surface area contributed by atoms with Crippen molar-refractivity contribution in [3.63, 3.8) is 0 Å². The molecule has 1 amide bonds. The number of hydrogen-bond acceptors (Lipinski definition) is 3. The molecule has 20 heavy (non-hydrogen) atoms. The molecular weight excluding hydrogens is 259 g/mol. The number of nitrogens with one attached hydrogen (secondary N) is 2. The summed E-state index contributed by atoms with van der Waals surface area (Å²) >= 11 is 0. The lowest BCUT2D eigenvalue weighted by atomic mass is 10.3. The normalized spacial score (nSPS) is 10.8. The minimum atomic E-state index is -0.360. The van der Waals surface area contributed by atoms with Gasteiger partial charge in [0.25, 0.3) is 0 Å². The zero-order chi connectivity index (χ0) is 14.8. The molecule has 0 heterocycles. The lowest BCUT2D eigenvalue weighted by Gasteiger charge is -2.08. The number of rotatable bonds is 9. The Morgan fingerprint density at radius 3 is 2.85 bits per heavy atom. The summed E-state index contributed by atoms with van der Waals surface area (Å²) in [7, 11) is 0. The molecule has 0 saturated heterocycles. The van der Waals surface area contributed by atoms with Gasteiger partial charge in [-0.05, 0) is 51.4 Å². The summed E-state index contributed by atoms with van der Waals surface area (Å²) in [6.45, 7) is 5.75. The predicted octanol–water partition coefficient (Wildman–Crippen LogP) is 2.56. The minimum Gasteiger partial charge on any atom is -0.379 e. The largest absolute Gasteiger partial charge is 0.379 e. The molecule has 0 atom stereocenters. The molecule has 0 aliphatic carbocycles. The molecule has 1 aromatic rings. The third kappa shape index (κ3) is 7.86. The summed E-state index contributed by atoms with van der Waals surface area (Å²) < 4.78 is 18.3. The van der Waals surface area contributed by atoms with Crippen LogP contribution in [0.4, 0.5) is 10.1 Å². The molecule has 1 rings (SSSR count). The first-order valence-corrected chi connectivity index (χ1v) is 6.95. The fraction of sp³-hybridized carbons (Fsp3) is 0.533. The molecule has 0 aromatic heterocycles. The molecule has 2 N–H and O–H groups in total. The van der Waals surface area contributed by atoms with Crippen LogP contribution in [0.15, 0.2) is 24.3 Å². The molecule has 0 spiro atoms. The van der Waals surface area contributed by atoms with Crippen LogP contribution in [0.5, 0.6) is 0 Å². The number of benzene rings is 1. The van der Waals surface area contributed by atoms with Crippen molar-refractivity contribution >= 4 is 11.6 Å². The second-order valence-electron chi connectivity index (χ2n) is 4.86. The second-order valence-corrected chi connectivity index (χ2v) is 4.86. The number of carbonyl (C=O) groups excluding carboxylic acids is 1. The molecule has 0 bridgehead atoms. The fourth-order valence-electron chi connectivity index (χ4n) is 1.64. The maximum atomic E-state index is 12.9. The smallest absolute Gasteiger partial charge is 0.238 e. The van der Waals surface area contributed by atoms with Gasteiger partial charge in [-0.15, -0.1) is 0 Å². The van der Waals surface area contributed by atoms with E-state index >= 15 is 0 Å². The molecule has 112 valence electrons. The lowest BCUT2D eigenvalue weighted by molar-refractivity contribution is -0.115. The average molecular weight is 282 g/mol. The van der Waals surface area contributed by atoms with E-state index in [1.54, 1.807) is 12.1 Å². The van der Waals surface area contributed by atoms with E-state index in [4.69, 9.17) is 4.74 Å². The van der Waals surface area contributed by atoms with Gasteiger partial charge >= 0.3 is 0 Å². The molecule has 5 heteroatoms. The van der Waals surface area contributed by atoms with Crippen LogP contribution in [0.25, 0.3) is 0 Å². The van der Waals surface area contributed by atoms with E-state index in [1.165, 1.54) is 12.1 Å². The molecular formula is C15H23FN2O2. The van der Waals surface area contributed by atoms with Gasteiger partial charge in [0.1, 0.15) is 5.82 Å². The molecule has 0 radical (unpaired) electrons. The zero-order valence-electron chi connectivity index (χ0n) is 12.1. The highest BCUT2D eigenvalue weighted by Crippen LogP contribution is 2.08. The molecule has 0 unspecified atom stereocenters. The Balaban J connectivity index is 2.06. The van der Waals surface area contributed by atoms with Gasteiger partial charge < -0.3 is 15.4 Å². The van der Waals surface area contributed by atoms with Crippen molar-refractivity contribution in [3.05, 3.63) is 30.1 Å². The first-order valence-electron chi connectivity index (χ1n) is 6.95. The van der Waals surface area contributed by atoms with Gasteiger partial charge in [-0.1, -0.05) is 6.07 Å². The number of amides is 1. The van der Waals surface area contributed by atoms with Crippen LogP contribution in [0.3, 0.4) is 0 Å². The molecule has 0 saturated carbocycles. The van der Waals surface area contributed by atoms with Crippen LogP contribution in [0.1, 0.15) is 26.7 Å². The van der Waals surface area contributed by atoms with Crippen LogP contribution >= 0.6 is 0 Å². The van der Waals surface area contributed by atoms with Gasteiger partial charge in [-0.25, -0.2) is 4.39 Å². The number of anilines is 1. The first-order chi connectivity index (χ1) is 9.58. The second kappa shape index (κ2) is 9.44. The minimum absolute atomic E-state index is 0.172. The third-order valence-corrected chi connectivity index (χ3v) is 2.59. The summed E-state index contributed by atoms with van der Waals surface area (Å²) in [5.41, 5.74) is 0.474. The summed E-state index contributed by atoms with van der Waals surface area (Å²) in [6, 6.07) is 5.85. The van der Waals surface area contributed by atoms with Gasteiger partial charge in [0.05, 0.1) is 12.6 Å². The number of carbonyl (C=O) groups is 1. The van der Waals surface area contributed by atoms with Gasteiger partial charge in [0, 0.05) is 12.3 Å². The predicted molar refractivity (Wildman–Crippen MR) is 78.2 cm³/mol. The van der Waals surface area contributed by atoms with E-state index in [0.29, 0.717) is 5.69 Å². The Morgan fingerprint density at radius 1 is 1.35 bits per heavy atom. The van der Waals surface area contributed by atoms with Crippen molar-refractivity contribution in [2.24, 2.45) is 0 Å². The number of unbranched alkanes of at least 4 members (excludes halogenated alkanes) is 1. The van der Waals surface area contributed by atoms with Gasteiger partial charge in [-0.2, -0.15) is 0 Å². The van der Waals surface area contributed by atoms with E-state index in [9.17, 15) is 9.18 Å². The Hall–Kier alpha value is -1.46. The van der Waals surface area contributed by atoms with Crippen LogP contribution in [-0.4, -0.2) is 31.7 Å². The first kappa shape index (κ1) is 16.6.